The van der Waals surface area contributed by atoms with E-state index in [0.717, 1.165) is 38.2 Å². The molecule has 1 amide bonds. The number of fused-ring (bicyclic) bond motifs is 1. The van der Waals surface area contributed by atoms with Gasteiger partial charge < -0.3 is 11.1 Å². The van der Waals surface area contributed by atoms with Crippen LogP contribution < -0.4 is 11.1 Å². The van der Waals surface area contributed by atoms with Gasteiger partial charge in [-0.2, -0.15) is 0 Å². The van der Waals surface area contributed by atoms with Crippen molar-refractivity contribution in [3.8, 4) is 0 Å². The maximum absolute atomic E-state index is 11.4. The Morgan fingerprint density at radius 2 is 2.16 bits per heavy atom. The summed E-state index contributed by atoms with van der Waals surface area (Å²) in [5, 5.41) is 3.12. The van der Waals surface area contributed by atoms with Crippen LogP contribution >= 0.6 is 0 Å². The SMILES string of the molecule is Nc1ccccc1CN1CCC2NC(=O)CCC2C1. The summed E-state index contributed by atoms with van der Waals surface area (Å²) in [6.07, 6.45) is 2.77. The van der Waals surface area contributed by atoms with Crippen molar-refractivity contribution >= 4 is 11.6 Å². The lowest BCUT2D eigenvalue weighted by Gasteiger charge is -2.41. The number of nitrogens with two attached hydrogens (primary N) is 1. The second-order valence-electron chi connectivity index (χ2n) is 5.70. The second-order valence-corrected chi connectivity index (χ2v) is 5.70. The third kappa shape index (κ3) is 2.73. The fraction of sp³-hybridized carbons (Fsp3) is 0.533. The molecule has 2 aliphatic heterocycles. The van der Waals surface area contributed by atoms with Gasteiger partial charge in [0.2, 0.25) is 5.91 Å². The fourth-order valence-electron chi connectivity index (χ4n) is 3.25. The number of rotatable bonds is 2. The largest absolute Gasteiger partial charge is 0.398 e. The molecule has 0 aliphatic carbocycles. The highest BCUT2D eigenvalue weighted by molar-refractivity contribution is 5.77. The molecule has 3 rings (SSSR count). The van der Waals surface area contributed by atoms with Crippen LogP contribution in [0.3, 0.4) is 0 Å². The minimum absolute atomic E-state index is 0.224. The molecule has 102 valence electrons. The molecule has 0 bridgehead atoms. The number of hydrogen-bond acceptors (Lipinski definition) is 3. The maximum Gasteiger partial charge on any atom is 0.220 e. The number of nitrogen functional groups attached to an aromatic ring is 1. The molecule has 4 heteroatoms. The van der Waals surface area contributed by atoms with Crippen LogP contribution in [0.5, 0.6) is 0 Å². The van der Waals surface area contributed by atoms with Gasteiger partial charge >= 0.3 is 0 Å². The zero-order valence-electron chi connectivity index (χ0n) is 11.1. The summed E-state index contributed by atoms with van der Waals surface area (Å²) in [6, 6.07) is 8.47. The van der Waals surface area contributed by atoms with Crippen molar-refractivity contribution in [1.82, 2.24) is 10.2 Å². The van der Waals surface area contributed by atoms with E-state index in [-0.39, 0.29) is 5.91 Å². The van der Waals surface area contributed by atoms with E-state index in [2.05, 4.69) is 16.3 Å². The molecule has 2 heterocycles. The summed E-state index contributed by atoms with van der Waals surface area (Å²) >= 11 is 0. The van der Waals surface area contributed by atoms with Crippen molar-refractivity contribution in [2.24, 2.45) is 5.92 Å². The topological polar surface area (TPSA) is 58.4 Å². The van der Waals surface area contributed by atoms with E-state index in [4.69, 9.17) is 5.73 Å². The number of anilines is 1. The Hall–Kier alpha value is -1.55. The van der Waals surface area contributed by atoms with Crippen LogP contribution in [0.2, 0.25) is 0 Å². The lowest BCUT2D eigenvalue weighted by Crippen LogP contribution is -2.53. The first-order valence-electron chi connectivity index (χ1n) is 7.07. The smallest absolute Gasteiger partial charge is 0.220 e. The first-order valence-corrected chi connectivity index (χ1v) is 7.07. The van der Waals surface area contributed by atoms with Gasteiger partial charge in [-0.15, -0.1) is 0 Å². The number of hydrogen-bond donors (Lipinski definition) is 2. The number of likely N-dealkylation sites (tertiary alicyclic amines) is 1. The highest BCUT2D eigenvalue weighted by Crippen LogP contribution is 2.26. The molecule has 19 heavy (non-hydrogen) atoms. The first-order chi connectivity index (χ1) is 9.22. The molecular formula is C15H21N3O. The Kier molecular flexibility index (Phi) is 3.42. The van der Waals surface area contributed by atoms with Crippen LogP contribution in [0.4, 0.5) is 5.69 Å². The van der Waals surface area contributed by atoms with Gasteiger partial charge in [-0.3, -0.25) is 9.69 Å². The normalized spacial score (nSPS) is 27.7. The number of carbonyl (C=O) groups excluding carboxylic acids is 1. The van der Waals surface area contributed by atoms with Crippen molar-refractivity contribution in [2.45, 2.75) is 31.8 Å². The molecule has 1 aromatic carbocycles. The van der Waals surface area contributed by atoms with Crippen molar-refractivity contribution in [3.05, 3.63) is 29.8 Å². The molecule has 2 aliphatic rings. The van der Waals surface area contributed by atoms with Crippen LogP contribution in [0, 0.1) is 5.92 Å². The summed E-state index contributed by atoms with van der Waals surface area (Å²) < 4.78 is 0. The molecule has 2 saturated heterocycles. The number of benzene rings is 1. The number of amides is 1. The standard InChI is InChI=1S/C15H21N3O/c16-13-4-2-1-3-11(13)9-18-8-7-14-12(10-18)5-6-15(19)17-14/h1-4,12,14H,5-10,16H2,(H,17,19). The molecule has 0 spiro atoms. The van der Waals surface area contributed by atoms with E-state index >= 15 is 0 Å². The Balaban J connectivity index is 1.62. The fourth-order valence-corrected chi connectivity index (χ4v) is 3.25. The highest BCUT2D eigenvalue weighted by atomic mass is 16.1. The van der Waals surface area contributed by atoms with Gasteiger partial charge in [0.15, 0.2) is 0 Å². The van der Waals surface area contributed by atoms with Crippen LogP contribution in [0.1, 0.15) is 24.8 Å². The van der Waals surface area contributed by atoms with Crippen molar-refractivity contribution in [2.75, 3.05) is 18.8 Å². The van der Waals surface area contributed by atoms with Gasteiger partial charge in [0.1, 0.15) is 0 Å². The van der Waals surface area contributed by atoms with E-state index in [1.54, 1.807) is 0 Å². The Morgan fingerprint density at radius 3 is 3.00 bits per heavy atom. The quantitative estimate of drug-likeness (QED) is 0.789. The molecule has 3 N–H and O–H groups in total. The van der Waals surface area contributed by atoms with E-state index in [1.807, 2.05) is 18.2 Å². The Bertz CT molecular complexity index is 474. The van der Waals surface area contributed by atoms with Crippen LogP contribution in [0.25, 0.3) is 0 Å². The van der Waals surface area contributed by atoms with Crippen LogP contribution in [-0.2, 0) is 11.3 Å². The van der Waals surface area contributed by atoms with Gasteiger partial charge in [0.05, 0.1) is 0 Å². The molecule has 2 unspecified atom stereocenters. The van der Waals surface area contributed by atoms with Gasteiger partial charge in [0.25, 0.3) is 0 Å². The van der Waals surface area contributed by atoms with E-state index in [1.165, 1.54) is 5.56 Å². The predicted octanol–water partition coefficient (Wildman–Crippen LogP) is 1.37. The number of piperidine rings is 2. The molecule has 1 aromatic rings. The summed E-state index contributed by atoms with van der Waals surface area (Å²) in [4.78, 5) is 13.9. The zero-order valence-corrected chi connectivity index (χ0v) is 11.1. The summed E-state index contributed by atoms with van der Waals surface area (Å²) in [6.45, 7) is 3.03. The molecule has 4 nitrogen and oxygen atoms in total. The number of nitrogens with one attached hydrogen (secondary N) is 1. The predicted molar refractivity (Wildman–Crippen MR) is 75.4 cm³/mol. The Labute approximate surface area is 114 Å². The zero-order chi connectivity index (χ0) is 13.2. The van der Waals surface area contributed by atoms with Gasteiger partial charge in [-0.1, -0.05) is 18.2 Å². The lowest BCUT2D eigenvalue weighted by atomic mass is 9.85. The lowest BCUT2D eigenvalue weighted by molar-refractivity contribution is -0.125. The molecule has 0 saturated carbocycles. The van der Waals surface area contributed by atoms with E-state index in [9.17, 15) is 4.79 Å². The second kappa shape index (κ2) is 5.21. The molecule has 2 atom stereocenters. The van der Waals surface area contributed by atoms with Crippen molar-refractivity contribution in [1.29, 1.82) is 0 Å². The highest BCUT2D eigenvalue weighted by Gasteiger charge is 2.33. The first kappa shape index (κ1) is 12.5. The van der Waals surface area contributed by atoms with Crippen molar-refractivity contribution in [3.63, 3.8) is 0 Å². The Morgan fingerprint density at radius 1 is 1.32 bits per heavy atom. The summed E-state index contributed by atoms with van der Waals surface area (Å²) in [5.74, 6) is 0.832. The minimum Gasteiger partial charge on any atom is -0.398 e. The number of para-hydroxylation sites is 1. The van der Waals surface area contributed by atoms with E-state index in [0.29, 0.717) is 18.4 Å². The van der Waals surface area contributed by atoms with Gasteiger partial charge in [-0.05, 0) is 30.4 Å². The summed E-state index contributed by atoms with van der Waals surface area (Å²) in [5.41, 5.74) is 8.09. The molecular weight excluding hydrogens is 238 g/mol. The van der Waals surface area contributed by atoms with Gasteiger partial charge in [-0.25, -0.2) is 0 Å². The third-order valence-corrected chi connectivity index (χ3v) is 4.36. The third-order valence-electron chi connectivity index (χ3n) is 4.36. The average molecular weight is 259 g/mol. The van der Waals surface area contributed by atoms with E-state index < -0.39 is 0 Å². The molecule has 0 aromatic heterocycles. The number of nitrogens with zero attached hydrogens (tertiary/aromatic N) is 1. The number of carbonyl (C=O) groups is 1. The monoisotopic (exact) mass is 259 g/mol. The average Bonchev–Trinajstić information content (AvgIpc) is 2.41. The van der Waals surface area contributed by atoms with Crippen LogP contribution in [-0.4, -0.2) is 29.9 Å². The van der Waals surface area contributed by atoms with Crippen molar-refractivity contribution < 1.29 is 4.79 Å². The maximum atomic E-state index is 11.4. The minimum atomic E-state index is 0.224. The van der Waals surface area contributed by atoms with Gasteiger partial charge in [0, 0.05) is 37.8 Å². The molecule has 2 fully saturated rings. The molecule has 0 radical (unpaired) electrons. The summed E-state index contributed by atoms with van der Waals surface area (Å²) in [7, 11) is 0. The van der Waals surface area contributed by atoms with Crippen LogP contribution in [0.15, 0.2) is 24.3 Å².